The maximum absolute atomic E-state index is 12.0. The Hall–Kier alpha value is -2.28. The first kappa shape index (κ1) is 18.1. The Labute approximate surface area is 140 Å². The highest BCUT2D eigenvalue weighted by atomic mass is 16.7. The Morgan fingerprint density at radius 1 is 1.17 bits per heavy atom. The Morgan fingerprint density at radius 2 is 1.83 bits per heavy atom. The number of carbonyl (C=O) groups is 2. The van der Waals surface area contributed by atoms with Crippen molar-refractivity contribution in [1.29, 1.82) is 0 Å². The van der Waals surface area contributed by atoms with Crippen LogP contribution in [0.1, 0.15) is 20.8 Å². The van der Waals surface area contributed by atoms with Crippen molar-refractivity contribution in [2.24, 2.45) is 11.8 Å². The predicted molar refractivity (Wildman–Crippen MR) is 83.3 cm³/mol. The molecule has 1 saturated heterocycles. The summed E-state index contributed by atoms with van der Waals surface area (Å²) < 4.78 is 21.4. The summed E-state index contributed by atoms with van der Waals surface area (Å²) >= 11 is 0. The summed E-state index contributed by atoms with van der Waals surface area (Å²) in [6.45, 7) is 4.98. The molecule has 0 radical (unpaired) electrons. The number of rotatable bonds is 4. The zero-order valence-electron chi connectivity index (χ0n) is 14.1. The Balaban J connectivity index is 2.24. The summed E-state index contributed by atoms with van der Waals surface area (Å²) in [5, 5.41) is 9.84. The van der Waals surface area contributed by atoms with Crippen LogP contribution in [0.3, 0.4) is 0 Å². The molecule has 1 aliphatic rings. The number of phenolic OH excluding ortho intramolecular Hbond substituents is 1. The second-order valence-corrected chi connectivity index (χ2v) is 5.83. The fraction of sp³-hybridized carbons (Fsp3) is 0.529. The summed E-state index contributed by atoms with van der Waals surface area (Å²) in [5.74, 6) is -1.35. The van der Waals surface area contributed by atoms with Crippen molar-refractivity contribution in [3.63, 3.8) is 0 Å². The molecule has 1 heterocycles. The number of benzene rings is 1. The highest BCUT2D eigenvalue weighted by Gasteiger charge is 2.48. The van der Waals surface area contributed by atoms with Crippen LogP contribution in [-0.2, 0) is 23.8 Å². The first-order chi connectivity index (χ1) is 11.3. The van der Waals surface area contributed by atoms with Crippen molar-refractivity contribution in [3.8, 4) is 11.5 Å². The van der Waals surface area contributed by atoms with Gasteiger partial charge in [-0.15, -0.1) is 0 Å². The van der Waals surface area contributed by atoms with Gasteiger partial charge in [-0.1, -0.05) is 26.0 Å². The van der Waals surface area contributed by atoms with Gasteiger partial charge in [0.05, 0.1) is 7.11 Å². The average molecular weight is 338 g/mol. The van der Waals surface area contributed by atoms with Crippen molar-refractivity contribution in [1.82, 2.24) is 0 Å². The molecular formula is C17H22O7. The third-order valence-corrected chi connectivity index (χ3v) is 4.20. The molecule has 0 saturated carbocycles. The fourth-order valence-corrected chi connectivity index (χ4v) is 2.65. The van der Waals surface area contributed by atoms with Crippen LogP contribution in [0.2, 0.25) is 0 Å². The highest BCUT2D eigenvalue weighted by molar-refractivity contribution is 5.76. The normalized spacial score (nSPS) is 29.6. The summed E-state index contributed by atoms with van der Waals surface area (Å²) in [6, 6.07) is 6.47. The van der Waals surface area contributed by atoms with Crippen LogP contribution in [0, 0.1) is 11.8 Å². The van der Waals surface area contributed by atoms with Crippen molar-refractivity contribution in [2.75, 3.05) is 7.11 Å². The number of hydrogen-bond acceptors (Lipinski definition) is 7. The average Bonchev–Trinajstić information content (AvgIpc) is 2.55. The lowest BCUT2D eigenvalue weighted by Gasteiger charge is -2.42. The molecule has 0 amide bonds. The third-order valence-electron chi connectivity index (χ3n) is 4.20. The molecule has 1 aromatic rings. The molecule has 7 heteroatoms. The van der Waals surface area contributed by atoms with E-state index in [1.54, 1.807) is 18.2 Å². The van der Waals surface area contributed by atoms with Gasteiger partial charge in [-0.2, -0.15) is 0 Å². The number of ether oxygens (including phenoxy) is 4. The maximum atomic E-state index is 12.0. The third kappa shape index (κ3) is 3.79. The van der Waals surface area contributed by atoms with Crippen LogP contribution in [0.5, 0.6) is 11.5 Å². The molecule has 1 aromatic carbocycles. The number of phenols is 1. The molecule has 2 rings (SSSR count). The lowest BCUT2D eigenvalue weighted by molar-refractivity contribution is -0.243. The van der Waals surface area contributed by atoms with Gasteiger partial charge in [-0.25, -0.2) is 4.79 Å². The second-order valence-electron chi connectivity index (χ2n) is 5.83. The summed E-state index contributed by atoms with van der Waals surface area (Å²) in [4.78, 5) is 23.4. The van der Waals surface area contributed by atoms with E-state index in [2.05, 4.69) is 0 Å². The van der Waals surface area contributed by atoms with E-state index >= 15 is 0 Å². The molecule has 5 atom stereocenters. The molecule has 0 aliphatic carbocycles. The quantitative estimate of drug-likeness (QED) is 0.838. The molecule has 0 aromatic heterocycles. The molecule has 1 fully saturated rings. The van der Waals surface area contributed by atoms with E-state index in [1.165, 1.54) is 20.1 Å². The van der Waals surface area contributed by atoms with Crippen LogP contribution < -0.4 is 4.74 Å². The minimum atomic E-state index is -1.10. The molecule has 1 aliphatic heterocycles. The number of hydrogen-bond donors (Lipinski definition) is 1. The van der Waals surface area contributed by atoms with Crippen LogP contribution in [0.4, 0.5) is 0 Å². The Morgan fingerprint density at radius 3 is 2.42 bits per heavy atom. The zero-order chi connectivity index (χ0) is 17.9. The number of carbonyl (C=O) groups excluding carboxylic acids is 2. The minimum Gasteiger partial charge on any atom is -0.504 e. The summed E-state index contributed by atoms with van der Waals surface area (Å²) in [6.07, 6.45) is -2.67. The molecule has 0 spiro atoms. The van der Waals surface area contributed by atoms with Crippen LogP contribution in [0.15, 0.2) is 24.3 Å². The number of esters is 2. The molecule has 24 heavy (non-hydrogen) atoms. The lowest BCUT2D eigenvalue weighted by atomic mass is 9.84. The SMILES string of the molecule is COC(=O)[C@H]1O[C@@H](Oc2ccccc2O)[C@H](C)[C@@H](C)[C@@H]1OC(C)=O. The smallest absolute Gasteiger partial charge is 0.339 e. The largest absolute Gasteiger partial charge is 0.504 e. The van der Waals surface area contributed by atoms with Gasteiger partial charge < -0.3 is 24.1 Å². The molecule has 7 nitrogen and oxygen atoms in total. The fourth-order valence-electron chi connectivity index (χ4n) is 2.65. The standard InChI is InChI=1S/C17H22O7/c1-9-10(2)17(23-13-8-6-5-7-12(13)19)24-15(16(20)21-4)14(9)22-11(3)18/h5-10,14-15,17,19H,1-4H3/t9-,10-,14+,15+,17-/m1/s1. The van der Waals surface area contributed by atoms with Crippen LogP contribution in [0.25, 0.3) is 0 Å². The van der Waals surface area contributed by atoms with Crippen LogP contribution >= 0.6 is 0 Å². The monoisotopic (exact) mass is 338 g/mol. The molecular weight excluding hydrogens is 316 g/mol. The molecule has 1 N–H and O–H groups in total. The van der Waals surface area contributed by atoms with Gasteiger partial charge >= 0.3 is 11.9 Å². The number of methoxy groups -OCH3 is 1. The first-order valence-electron chi connectivity index (χ1n) is 7.70. The molecule has 0 unspecified atom stereocenters. The first-order valence-corrected chi connectivity index (χ1v) is 7.70. The van der Waals surface area contributed by atoms with Gasteiger partial charge in [-0.3, -0.25) is 4.79 Å². The van der Waals surface area contributed by atoms with E-state index in [4.69, 9.17) is 18.9 Å². The van der Waals surface area contributed by atoms with Crippen molar-refractivity contribution < 1.29 is 33.6 Å². The van der Waals surface area contributed by atoms with E-state index in [1.807, 2.05) is 13.8 Å². The Kier molecular flexibility index (Phi) is 5.66. The number of aromatic hydroxyl groups is 1. The topological polar surface area (TPSA) is 91.3 Å². The van der Waals surface area contributed by atoms with Gasteiger partial charge in [0.1, 0.15) is 6.10 Å². The summed E-state index contributed by atoms with van der Waals surface area (Å²) in [5.41, 5.74) is 0. The molecule has 132 valence electrons. The van der Waals surface area contributed by atoms with Gasteiger partial charge in [0.25, 0.3) is 0 Å². The van der Waals surface area contributed by atoms with Crippen LogP contribution in [-0.4, -0.2) is 42.7 Å². The van der Waals surface area contributed by atoms with E-state index in [0.29, 0.717) is 0 Å². The van der Waals surface area contributed by atoms with Gasteiger partial charge in [0.2, 0.25) is 6.29 Å². The van der Waals surface area contributed by atoms with Crippen molar-refractivity contribution in [3.05, 3.63) is 24.3 Å². The van der Waals surface area contributed by atoms with Gasteiger partial charge in [0.15, 0.2) is 17.6 Å². The lowest BCUT2D eigenvalue weighted by Crippen LogP contribution is -2.55. The van der Waals surface area contributed by atoms with E-state index < -0.39 is 30.4 Å². The number of para-hydroxylation sites is 2. The van der Waals surface area contributed by atoms with Crippen molar-refractivity contribution >= 4 is 11.9 Å². The van der Waals surface area contributed by atoms with E-state index in [9.17, 15) is 14.7 Å². The minimum absolute atomic E-state index is 0.0299. The summed E-state index contributed by atoms with van der Waals surface area (Å²) in [7, 11) is 1.23. The van der Waals surface area contributed by atoms with E-state index in [0.717, 1.165) is 0 Å². The maximum Gasteiger partial charge on any atom is 0.339 e. The van der Waals surface area contributed by atoms with Gasteiger partial charge in [0, 0.05) is 18.8 Å². The zero-order valence-corrected chi connectivity index (χ0v) is 14.1. The van der Waals surface area contributed by atoms with Crippen molar-refractivity contribution in [2.45, 2.75) is 39.3 Å². The predicted octanol–water partition coefficient (Wildman–Crippen LogP) is 1.87. The Bertz CT molecular complexity index is 600. The van der Waals surface area contributed by atoms with E-state index in [-0.39, 0.29) is 23.3 Å². The molecule has 0 bridgehead atoms. The highest BCUT2D eigenvalue weighted by Crippen LogP contribution is 2.36. The second kappa shape index (κ2) is 7.53. The van der Waals surface area contributed by atoms with Gasteiger partial charge in [-0.05, 0) is 12.1 Å².